The Balaban J connectivity index is 1.80. The van der Waals surface area contributed by atoms with Crippen molar-refractivity contribution in [2.75, 3.05) is 18.4 Å². The first-order valence-corrected chi connectivity index (χ1v) is 9.14. The summed E-state index contributed by atoms with van der Waals surface area (Å²) in [5.41, 5.74) is 3.66. The van der Waals surface area contributed by atoms with Crippen LogP contribution in [0.1, 0.15) is 25.3 Å². The Bertz CT molecular complexity index is 854. The minimum atomic E-state index is 0.494. The molecule has 2 N–H and O–H groups in total. The highest BCUT2D eigenvalue weighted by Crippen LogP contribution is 2.33. The number of piperidine rings is 1. The molecule has 0 radical (unpaired) electrons. The SMILES string of the molecule is CCc1ccc2c(-c3ccncc3)cnc(NC3CCNCC3)c2c1. The highest BCUT2D eigenvalue weighted by Gasteiger charge is 2.16. The molecule has 0 amide bonds. The monoisotopic (exact) mass is 332 g/mol. The van der Waals surface area contributed by atoms with Gasteiger partial charge >= 0.3 is 0 Å². The third-order valence-corrected chi connectivity index (χ3v) is 5.03. The summed E-state index contributed by atoms with van der Waals surface area (Å²) in [6.45, 7) is 4.34. The summed E-state index contributed by atoms with van der Waals surface area (Å²) in [6, 6.07) is 11.3. The van der Waals surface area contributed by atoms with Crippen molar-refractivity contribution in [2.24, 2.45) is 0 Å². The number of rotatable bonds is 4. The maximum atomic E-state index is 4.80. The molecule has 3 aromatic rings. The fourth-order valence-electron chi connectivity index (χ4n) is 3.55. The van der Waals surface area contributed by atoms with Crippen LogP contribution >= 0.6 is 0 Å². The molecule has 4 rings (SSSR count). The van der Waals surface area contributed by atoms with Crippen LogP contribution in [-0.2, 0) is 6.42 Å². The average molecular weight is 332 g/mol. The Labute approximate surface area is 148 Å². The Kier molecular flexibility index (Phi) is 4.61. The molecule has 0 aliphatic carbocycles. The van der Waals surface area contributed by atoms with Gasteiger partial charge in [-0.05, 0) is 67.1 Å². The second-order valence-electron chi connectivity index (χ2n) is 6.66. The van der Waals surface area contributed by atoms with E-state index in [0.29, 0.717) is 6.04 Å². The fraction of sp³-hybridized carbons (Fsp3) is 0.333. The van der Waals surface area contributed by atoms with Crippen molar-refractivity contribution in [3.63, 3.8) is 0 Å². The van der Waals surface area contributed by atoms with Gasteiger partial charge in [-0.1, -0.05) is 19.1 Å². The van der Waals surface area contributed by atoms with E-state index in [0.717, 1.165) is 49.3 Å². The first kappa shape index (κ1) is 16.0. The van der Waals surface area contributed by atoms with Crippen LogP contribution in [0.3, 0.4) is 0 Å². The molecule has 25 heavy (non-hydrogen) atoms. The number of pyridine rings is 2. The second-order valence-corrected chi connectivity index (χ2v) is 6.66. The average Bonchev–Trinajstić information content (AvgIpc) is 2.69. The second kappa shape index (κ2) is 7.19. The molecule has 0 saturated carbocycles. The van der Waals surface area contributed by atoms with Crippen molar-refractivity contribution in [3.8, 4) is 11.1 Å². The minimum Gasteiger partial charge on any atom is -0.367 e. The maximum absolute atomic E-state index is 4.80. The van der Waals surface area contributed by atoms with Gasteiger partial charge < -0.3 is 10.6 Å². The van der Waals surface area contributed by atoms with Crippen LogP contribution in [0.25, 0.3) is 21.9 Å². The maximum Gasteiger partial charge on any atom is 0.134 e. The number of anilines is 1. The lowest BCUT2D eigenvalue weighted by atomic mass is 9.98. The number of aromatic nitrogens is 2. The van der Waals surface area contributed by atoms with Crippen molar-refractivity contribution in [1.29, 1.82) is 0 Å². The zero-order valence-corrected chi connectivity index (χ0v) is 14.6. The smallest absolute Gasteiger partial charge is 0.134 e. The molecule has 0 bridgehead atoms. The van der Waals surface area contributed by atoms with E-state index in [1.54, 1.807) is 0 Å². The number of fused-ring (bicyclic) bond motifs is 1. The van der Waals surface area contributed by atoms with Crippen molar-refractivity contribution >= 4 is 16.6 Å². The van der Waals surface area contributed by atoms with Crippen LogP contribution in [0.2, 0.25) is 0 Å². The molecule has 1 fully saturated rings. The van der Waals surface area contributed by atoms with E-state index in [1.165, 1.54) is 16.3 Å². The molecule has 1 saturated heterocycles. The molecule has 1 aromatic carbocycles. The molecule has 3 heterocycles. The summed E-state index contributed by atoms with van der Waals surface area (Å²) in [4.78, 5) is 8.94. The van der Waals surface area contributed by atoms with Crippen LogP contribution in [0.5, 0.6) is 0 Å². The van der Waals surface area contributed by atoms with Gasteiger partial charge in [-0.25, -0.2) is 4.98 Å². The molecular weight excluding hydrogens is 308 g/mol. The summed E-state index contributed by atoms with van der Waals surface area (Å²) in [7, 11) is 0. The van der Waals surface area contributed by atoms with E-state index >= 15 is 0 Å². The third kappa shape index (κ3) is 3.35. The third-order valence-electron chi connectivity index (χ3n) is 5.03. The quantitative estimate of drug-likeness (QED) is 0.757. The first-order valence-electron chi connectivity index (χ1n) is 9.14. The predicted molar refractivity (Wildman–Crippen MR) is 104 cm³/mol. The van der Waals surface area contributed by atoms with Crippen LogP contribution in [0, 0.1) is 0 Å². The van der Waals surface area contributed by atoms with Crippen LogP contribution < -0.4 is 10.6 Å². The Morgan fingerprint density at radius 3 is 2.64 bits per heavy atom. The summed E-state index contributed by atoms with van der Waals surface area (Å²) >= 11 is 0. The van der Waals surface area contributed by atoms with Crippen LogP contribution in [0.4, 0.5) is 5.82 Å². The lowest BCUT2D eigenvalue weighted by Gasteiger charge is -2.25. The molecule has 0 spiro atoms. The van der Waals surface area contributed by atoms with Gasteiger partial charge in [0.15, 0.2) is 0 Å². The Hall–Kier alpha value is -2.46. The van der Waals surface area contributed by atoms with E-state index in [4.69, 9.17) is 4.98 Å². The fourth-order valence-corrected chi connectivity index (χ4v) is 3.55. The van der Waals surface area contributed by atoms with Crippen molar-refractivity contribution in [2.45, 2.75) is 32.2 Å². The van der Waals surface area contributed by atoms with Gasteiger partial charge in [0.1, 0.15) is 5.82 Å². The van der Waals surface area contributed by atoms with Gasteiger partial charge in [0.25, 0.3) is 0 Å². The molecular formula is C21H24N4. The minimum absolute atomic E-state index is 0.494. The lowest BCUT2D eigenvalue weighted by molar-refractivity contribution is 0.478. The number of nitrogens with zero attached hydrogens (tertiary/aromatic N) is 2. The topological polar surface area (TPSA) is 49.8 Å². The van der Waals surface area contributed by atoms with Gasteiger partial charge in [0.05, 0.1) is 0 Å². The van der Waals surface area contributed by atoms with E-state index in [1.807, 2.05) is 30.7 Å². The summed E-state index contributed by atoms with van der Waals surface area (Å²) in [6.07, 6.45) is 8.98. The molecule has 4 nitrogen and oxygen atoms in total. The van der Waals surface area contributed by atoms with Crippen molar-refractivity contribution in [3.05, 3.63) is 54.5 Å². The summed E-state index contributed by atoms with van der Waals surface area (Å²) in [5.74, 6) is 1.01. The standard InChI is InChI=1S/C21H24N4/c1-2-15-3-4-18-19(13-15)21(25-17-7-11-23-12-8-17)24-14-20(18)16-5-9-22-10-6-16/h3-6,9-10,13-14,17,23H,2,7-8,11-12H2,1H3,(H,24,25). The van der Waals surface area contributed by atoms with Crippen molar-refractivity contribution in [1.82, 2.24) is 15.3 Å². The van der Waals surface area contributed by atoms with E-state index in [-0.39, 0.29) is 0 Å². The molecule has 1 aliphatic heterocycles. The van der Waals surface area contributed by atoms with E-state index < -0.39 is 0 Å². The van der Waals surface area contributed by atoms with Gasteiger partial charge in [-0.2, -0.15) is 0 Å². The number of aryl methyl sites for hydroxylation is 1. The zero-order valence-electron chi connectivity index (χ0n) is 14.6. The normalized spacial score (nSPS) is 15.4. The van der Waals surface area contributed by atoms with E-state index in [2.05, 4.69) is 40.7 Å². The van der Waals surface area contributed by atoms with Gasteiger partial charge in [0.2, 0.25) is 0 Å². The number of hydrogen-bond donors (Lipinski definition) is 2. The summed E-state index contributed by atoms with van der Waals surface area (Å²) in [5, 5.41) is 9.57. The van der Waals surface area contributed by atoms with Gasteiger partial charge in [0, 0.05) is 35.6 Å². The van der Waals surface area contributed by atoms with Crippen LogP contribution in [-0.4, -0.2) is 29.1 Å². The lowest BCUT2D eigenvalue weighted by Crippen LogP contribution is -2.35. The molecule has 2 aromatic heterocycles. The Morgan fingerprint density at radius 2 is 1.88 bits per heavy atom. The number of hydrogen-bond acceptors (Lipinski definition) is 4. The highest BCUT2D eigenvalue weighted by atomic mass is 15.0. The van der Waals surface area contributed by atoms with Crippen LogP contribution in [0.15, 0.2) is 48.9 Å². The number of nitrogens with one attached hydrogen (secondary N) is 2. The molecule has 0 unspecified atom stereocenters. The molecule has 1 aliphatic rings. The van der Waals surface area contributed by atoms with Gasteiger partial charge in [-0.3, -0.25) is 4.98 Å². The largest absolute Gasteiger partial charge is 0.367 e. The predicted octanol–water partition coefficient (Wildman–Crippen LogP) is 4.02. The van der Waals surface area contributed by atoms with Gasteiger partial charge in [-0.15, -0.1) is 0 Å². The van der Waals surface area contributed by atoms with Crippen molar-refractivity contribution < 1.29 is 0 Å². The molecule has 4 heteroatoms. The summed E-state index contributed by atoms with van der Waals surface area (Å²) < 4.78 is 0. The highest BCUT2D eigenvalue weighted by molar-refractivity contribution is 6.02. The first-order chi connectivity index (χ1) is 12.3. The van der Waals surface area contributed by atoms with E-state index in [9.17, 15) is 0 Å². The number of benzene rings is 1. The Morgan fingerprint density at radius 1 is 1.08 bits per heavy atom. The zero-order chi connectivity index (χ0) is 17.1. The molecule has 0 atom stereocenters. The molecule has 128 valence electrons.